The minimum absolute atomic E-state index is 0.231. The van der Waals surface area contributed by atoms with Crippen LogP contribution in [0.25, 0.3) is 0 Å². The highest BCUT2D eigenvalue weighted by atomic mass is 16.5. The molecule has 0 amide bonds. The lowest BCUT2D eigenvalue weighted by molar-refractivity contribution is 0.0980. The number of hydrogen-bond acceptors (Lipinski definition) is 8. The monoisotopic (exact) mass is 452 g/mol. The maximum atomic E-state index is 13.6. The van der Waals surface area contributed by atoms with Gasteiger partial charge in [-0.05, 0) is 24.3 Å². The molecule has 0 bridgehead atoms. The van der Waals surface area contributed by atoms with Crippen molar-refractivity contribution in [2.24, 2.45) is 0 Å². The van der Waals surface area contributed by atoms with Gasteiger partial charge in [0.05, 0.1) is 60.5 Å². The summed E-state index contributed by atoms with van der Waals surface area (Å²) < 4.78 is 10.2. The Bertz CT molecular complexity index is 1290. The first kappa shape index (κ1) is 21.1. The maximum absolute atomic E-state index is 13.6. The molecule has 0 spiro atoms. The number of anilines is 4. The normalized spacial score (nSPS) is 11.9. The number of nitrogens with one attached hydrogen (secondary N) is 2. The molecule has 0 atom stereocenters. The van der Waals surface area contributed by atoms with Crippen LogP contribution in [0.4, 0.5) is 22.7 Å². The van der Waals surface area contributed by atoms with Crippen LogP contribution in [0.5, 0.6) is 11.8 Å². The molecule has 1 aliphatic carbocycles. The van der Waals surface area contributed by atoms with Crippen LogP contribution >= 0.6 is 0 Å². The van der Waals surface area contributed by atoms with Gasteiger partial charge in [0.15, 0.2) is 11.6 Å². The second-order valence-electron chi connectivity index (χ2n) is 7.54. The predicted molar refractivity (Wildman–Crippen MR) is 128 cm³/mol. The zero-order valence-corrected chi connectivity index (χ0v) is 18.5. The van der Waals surface area contributed by atoms with Crippen molar-refractivity contribution >= 4 is 34.3 Å². The van der Waals surface area contributed by atoms with E-state index in [-0.39, 0.29) is 11.6 Å². The van der Waals surface area contributed by atoms with Crippen LogP contribution in [-0.4, -0.2) is 35.8 Å². The van der Waals surface area contributed by atoms with Crippen LogP contribution in [0.1, 0.15) is 31.8 Å². The fourth-order valence-corrected chi connectivity index (χ4v) is 3.89. The van der Waals surface area contributed by atoms with Gasteiger partial charge in [0, 0.05) is 23.3 Å². The number of fused-ring (bicyclic) bond motifs is 2. The molecule has 5 rings (SSSR count). The lowest BCUT2D eigenvalue weighted by Crippen LogP contribution is -2.23. The Labute approximate surface area is 195 Å². The lowest BCUT2D eigenvalue weighted by Gasteiger charge is -2.24. The summed E-state index contributed by atoms with van der Waals surface area (Å²) in [5.41, 5.74) is 3.67. The van der Waals surface area contributed by atoms with E-state index in [9.17, 15) is 9.59 Å². The van der Waals surface area contributed by atoms with Crippen LogP contribution < -0.4 is 20.1 Å². The van der Waals surface area contributed by atoms with Gasteiger partial charge in [0.1, 0.15) is 0 Å². The maximum Gasteiger partial charge on any atom is 0.213 e. The zero-order chi connectivity index (χ0) is 23.7. The molecule has 0 aliphatic heterocycles. The molecule has 2 heterocycles. The summed E-state index contributed by atoms with van der Waals surface area (Å²) in [6.07, 6.45) is 3.20. The SMILES string of the molecule is COc1ccc(Nc2ccc(Nc3ccc(OC)nc3)c3c2C(=O)c2ccccc2C3=O)cn1. The molecular formula is C26H20N4O4. The molecular weight excluding hydrogens is 432 g/mol. The van der Waals surface area contributed by atoms with E-state index in [1.165, 1.54) is 14.2 Å². The fourth-order valence-electron chi connectivity index (χ4n) is 3.89. The van der Waals surface area contributed by atoms with E-state index in [0.29, 0.717) is 56.8 Å². The van der Waals surface area contributed by atoms with Gasteiger partial charge in [0.25, 0.3) is 0 Å². The molecule has 2 N–H and O–H groups in total. The van der Waals surface area contributed by atoms with Crippen molar-refractivity contribution in [3.05, 3.63) is 95.3 Å². The number of pyridine rings is 2. The van der Waals surface area contributed by atoms with E-state index < -0.39 is 0 Å². The summed E-state index contributed by atoms with van der Waals surface area (Å²) in [6.45, 7) is 0. The first-order valence-electron chi connectivity index (χ1n) is 10.5. The molecule has 8 nitrogen and oxygen atoms in total. The molecule has 34 heavy (non-hydrogen) atoms. The molecule has 2 aromatic heterocycles. The topological polar surface area (TPSA) is 102 Å². The third-order valence-corrected chi connectivity index (χ3v) is 5.52. The van der Waals surface area contributed by atoms with Crippen LogP contribution in [0.3, 0.4) is 0 Å². The standard InChI is InChI=1S/C26H20N4O4/c1-33-21-11-7-15(13-27-21)29-19-9-10-20(30-16-8-12-22(34-2)28-14-16)24-23(19)25(31)17-5-3-4-6-18(17)26(24)32/h3-14,29-30H,1-2H3. The highest BCUT2D eigenvalue weighted by molar-refractivity contribution is 6.32. The van der Waals surface area contributed by atoms with Crippen molar-refractivity contribution in [2.45, 2.75) is 0 Å². The van der Waals surface area contributed by atoms with Crippen LogP contribution in [0, 0.1) is 0 Å². The molecule has 8 heteroatoms. The number of carbonyl (C=O) groups excluding carboxylic acids is 2. The highest BCUT2D eigenvalue weighted by Crippen LogP contribution is 2.38. The zero-order valence-electron chi connectivity index (χ0n) is 18.5. The van der Waals surface area contributed by atoms with Crippen LogP contribution in [0.2, 0.25) is 0 Å². The summed E-state index contributed by atoms with van der Waals surface area (Å²) in [5, 5.41) is 6.45. The largest absolute Gasteiger partial charge is 0.481 e. The van der Waals surface area contributed by atoms with Gasteiger partial charge in [-0.25, -0.2) is 9.97 Å². The molecule has 1 aliphatic rings. The van der Waals surface area contributed by atoms with Crippen molar-refractivity contribution < 1.29 is 19.1 Å². The number of carbonyl (C=O) groups is 2. The number of ether oxygens (including phenoxy) is 2. The van der Waals surface area contributed by atoms with Gasteiger partial charge in [-0.15, -0.1) is 0 Å². The van der Waals surface area contributed by atoms with Crippen molar-refractivity contribution in [1.82, 2.24) is 9.97 Å². The average Bonchev–Trinajstić information content (AvgIpc) is 2.89. The molecule has 4 aromatic rings. The Morgan fingerprint density at radius 1 is 0.618 bits per heavy atom. The summed E-state index contributed by atoms with van der Waals surface area (Å²) >= 11 is 0. The van der Waals surface area contributed by atoms with Gasteiger partial charge < -0.3 is 20.1 Å². The van der Waals surface area contributed by atoms with E-state index in [0.717, 1.165) is 0 Å². The number of benzene rings is 2. The second-order valence-corrected chi connectivity index (χ2v) is 7.54. The molecule has 2 aromatic carbocycles. The van der Waals surface area contributed by atoms with Crippen molar-refractivity contribution in [3.8, 4) is 11.8 Å². The molecule has 0 saturated heterocycles. The van der Waals surface area contributed by atoms with Gasteiger partial charge >= 0.3 is 0 Å². The van der Waals surface area contributed by atoms with Gasteiger partial charge in [0.2, 0.25) is 11.8 Å². The fraction of sp³-hybridized carbons (Fsp3) is 0.0769. The lowest BCUT2D eigenvalue weighted by atomic mass is 9.82. The molecule has 0 saturated carbocycles. The Balaban J connectivity index is 1.61. The third-order valence-electron chi connectivity index (χ3n) is 5.52. The van der Waals surface area contributed by atoms with Gasteiger partial charge in [-0.3, -0.25) is 9.59 Å². The Morgan fingerprint density at radius 2 is 1.06 bits per heavy atom. The number of rotatable bonds is 6. The van der Waals surface area contributed by atoms with E-state index >= 15 is 0 Å². The minimum atomic E-state index is -0.231. The van der Waals surface area contributed by atoms with E-state index in [4.69, 9.17) is 9.47 Å². The summed E-state index contributed by atoms with van der Waals surface area (Å²) in [6, 6.07) is 17.4. The molecule has 0 unspecified atom stereocenters. The quantitative estimate of drug-likeness (QED) is 0.380. The number of hydrogen-bond donors (Lipinski definition) is 2. The van der Waals surface area contributed by atoms with Crippen LogP contribution in [0.15, 0.2) is 73.1 Å². The van der Waals surface area contributed by atoms with Crippen molar-refractivity contribution in [1.29, 1.82) is 0 Å². The average molecular weight is 452 g/mol. The summed E-state index contributed by atoms with van der Waals surface area (Å²) in [7, 11) is 3.08. The smallest absolute Gasteiger partial charge is 0.213 e. The Hall–Kier alpha value is -4.72. The number of aromatic nitrogens is 2. The first-order chi connectivity index (χ1) is 16.6. The number of nitrogens with zero attached hydrogens (tertiary/aromatic N) is 2. The molecule has 0 fully saturated rings. The first-order valence-corrected chi connectivity index (χ1v) is 10.5. The number of methoxy groups -OCH3 is 2. The van der Waals surface area contributed by atoms with E-state index in [1.807, 2.05) is 0 Å². The van der Waals surface area contributed by atoms with Crippen molar-refractivity contribution in [3.63, 3.8) is 0 Å². The number of ketones is 2. The van der Waals surface area contributed by atoms with Gasteiger partial charge in [-0.2, -0.15) is 0 Å². The van der Waals surface area contributed by atoms with E-state index in [2.05, 4.69) is 20.6 Å². The Morgan fingerprint density at radius 3 is 1.41 bits per heavy atom. The summed E-state index contributed by atoms with van der Waals surface area (Å²) in [4.78, 5) is 35.5. The second kappa shape index (κ2) is 8.67. The third kappa shape index (κ3) is 3.71. The van der Waals surface area contributed by atoms with Crippen molar-refractivity contribution in [2.75, 3.05) is 24.9 Å². The molecule has 0 radical (unpaired) electrons. The Kier molecular flexibility index (Phi) is 5.39. The van der Waals surface area contributed by atoms with Gasteiger partial charge in [-0.1, -0.05) is 24.3 Å². The summed E-state index contributed by atoms with van der Waals surface area (Å²) in [5.74, 6) is 0.483. The molecule has 168 valence electrons. The predicted octanol–water partition coefficient (Wildman–Crippen LogP) is 4.76. The minimum Gasteiger partial charge on any atom is -0.481 e. The van der Waals surface area contributed by atoms with Crippen LogP contribution in [-0.2, 0) is 0 Å². The highest BCUT2D eigenvalue weighted by Gasteiger charge is 2.34. The van der Waals surface area contributed by atoms with E-state index in [1.54, 1.807) is 73.1 Å².